The summed E-state index contributed by atoms with van der Waals surface area (Å²) in [6.45, 7) is 1.68. The predicted molar refractivity (Wildman–Crippen MR) is 67.2 cm³/mol. The standard InChI is InChI=1S/C12H9ClN2O4/c1-6-4-10(12(18)19)14-15(6)7-2-3-9(13)8(5-7)11(16)17/h2-5H,1H3,(H,16,17)(H,18,19). The van der Waals surface area contributed by atoms with Gasteiger partial charge in [-0.2, -0.15) is 5.10 Å². The van der Waals surface area contributed by atoms with Crippen LogP contribution < -0.4 is 0 Å². The Kier molecular flexibility index (Phi) is 3.26. The van der Waals surface area contributed by atoms with Gasteiger partial charge in [-0.05, 0) is 31.2 Å². The molecule has 1 aromatic carbocycles. The van der Waals surface area contributed by atoms with E-state index in [0.29, 0.717) is 11.4 Å². The molecule has 0 atom stereocenters. The van der Waals surface area contributed by atoms with Crippen LogP contribution in [0.3, 0.4) is 0 Å². The molecule has 0 bridgehead atoms. The van der Waals surface area contributed by atoms with Crippen molar-refractivity contribution < 1.29 is 19.8 Å². The molecular formula is C12H9ClN2O4. The summed E-state index contributed by atoms with van der Waals surface area (Å²) in [6, 6.07) is 5.75. The van der Waals surface area contributed by atoms with E-state index in [1.807, 2.05) is 0 Å². The maximum atomic E-state index is 11.0. The molecule has 2 N–H and O–H groups in total. The van der Waals surface area contributed by atoms with E-state index in [9.17, 15) is 9.59 Å². The number of aryl methyl sites for hydroxylation is 1. The second-order valence-electron chi connectivity index (χ2n) is 3.86. The van der Waals surface area contributed by atoms with E-state index in [4.69, 9.17) is 21.8 Å². The molecule has 19 heavy (non-hydrogen) atoms. The van der Waals surface area contributed by atoms with E-state index in [1.54, 1.807) is 13.0 Å². The Labute approximate surface area is 112 Å². The SMILES string of the molecule is Cc1cc(C(=O)O)nn1-c1ccc(Cl)c(C(=O)O)c1. The molecule has 98 valence electrons. The molecule has 7 heteroatoms. The van der Waals surface area contributed by atoms with Crippen molar-refractivity contribution in [2.75, 3.05) is 0 Å². The zero-order valence-corrected chi connectivity index (χ0v) is 10.5. The molecule has 2 rings (SSSR count). The lowest BCUT2D eigenvalue weighted by atomic mass is 10.2. The normalized spacial score (nSPS) is 10.4. The lowest BCUT2D eigenvalue weighted by Crippen LogP contribution is -2.05. The van der Waals surface area contributed by atoms with E-state index in [-0.39, 0.29) is 16.3 Å². The molecule has 0 amide bonds. The molecule has 1 heterocycles. The lowest BCUT2D eigenvalue weighted by Gasteiger charge is -2.06. The molecule has 0 saturated carbocycles. The number of carboxylic acids is 2. The van der Waals surface area contributed by atoms with Crippen molar-refractivity contribution >= 4 is 23.5 Å². The molecule has 0 saturated heterocycles. The number of benzene rings is 1. The van der Waals surface area contributed by atoms with Gasteiger partial charge in [0.15, 0.2) is 5.69 Å². The van der Waals surface area contributed by atoms with Gasteiger partial charge in [0.1, 0.15) is 0 Å². The number of rotatable bonds is 3. The van der Waals surface area contributed by atoms with Gasteiger partial charge in [-0.1, -0.05) is 11.6 Å². The van der Waals surface area contributed by atoms with E-state index in [1.165, 1.54) is 22.9 Å². The summed E-state index contributed by atoms with van der Waals surface area (Å²) in [6.07, 6.45) is 0. The third-order valence-corrected chi connectivity index (χ3v) is 2.86. The van der Waals surface area contributed by atoms with Crippen molar-refractivity contribution in [3.63, 3.8) is 0 Å². The fourth-order valence-corrected chi connectivity index (χ4v) is 1.85. The number of hydrogen-bond acceptors (Lipinski definition) is 3. The summed E-state index contributed by atoms with van der Waals surface area (Å²) in [5.41, 5.74) is 0.845. The first-order chi connectivity index (χ1) is 8.90. The van der Waals surface area contributed by atoms with Crippen LogP contribution in [-0.4, -0.2) is 31.9 Å². The molecule has 0 spiro atoms. The van der Waals surface area contributed by atoms with Crippen molar-refractivity contribution in [1.82, 2.24) is 9.78 Å². The Bertz CT molecular complexity index is 678. The average Bonchev–Trinajstić information content (AvgIpc) is 2.72. The maximum absolute atomic E-state index is 11.0. The molecule has 0 aliphatic heterocycles. The minimum absolute atomic E-state index is 0.0639. The van der Waals surface area contributed by atoms with Crippen LogP contribution >= 0.6 is 11.6 Å². The summed E-state index contributed by atoms with van der Waals surface area (Å²) in [5.74, 6) is -2.30. The van der Waals surface area contributed by atoms with Crippen molar-refractivity contribution in [3.8, 4) is 5.69 Å². The summed E-state index contributed by atoms with van der Waals surface area (Å²) < 4.78 is 1.35. The smallest absolute Gasteiger partial charge is 0.356 e. The van der Waals surface area contributed by atoms with Crippen LogP contribution in [0.5, 0.6) is 0 Å². The van der Waals surface area contributed by atoms with Gasteiger partial charge in [0.05, 0.1) is 16.3 Å². The van der Waals surface area contributed by atoms with Gasteiger partial charge in [0.2, 0.25) is 0 Å². The van der Waals surface area contributed by atoms with E-state index < -0.39 is 11.9 Å². The highest BCUT2D eigenvalue weighted by Gasteiger charge is 2.14. The van der Waals surface area contributed by atoms with Crippen LogP contribution in [0.15, 0.2) is 24.3 Å². The quantitative estimate of drug-likeness (QED) is 0.899. The fourth-order valence-electron chi connectivity index (χ4n) is 1.65. The van der Waals surface area contributed by atoms with Crippen LogP contribution in [-0.2, 0) is 0 Å². The van der Waals surface area contributed by atoms with Gasteiger partial charge < -0.3 is 10.2 Å². The lowest BCUT2D eigenvalue weighted by molar-refractivity contribution is 0.0681. The fraction of sp³-hybridized carbons (Fsp3) is 0.0833. The summed E-state index contributed by atoms with van der Waals surface area (Å²) >= 11 is 5.77. The van der Waals surface area contributed by atoms with Gasteiger partial charge in [0.25, 0.3) is 0 Å². The van der Waals surface area contributed by atoms with Crippen LogP contribution in [0.25, 0.3) is 5.69 Å². The average molecular weight is 281 g/mol. The highest BCUT2D eigenvalue weighted by atomic mass is 35.5. The first-order valence-corrected chi connectivity index (χ1v) is 5.61. The highest BCUT2D eigenvalue weighted by Crippen LogP contribution is 2.21. The second-order valence-corrected chi connectivity index (χ2v) is 4.26. The minimum atomic E-state index is -1.16. The van der Waals surface area contributed by atoms with Crippen molar-refractivity contribution in [2.24, 2.45) is 0 Å². The molecule has 0 aliphatic carbocycles. The molecule has 2 aromatic rings. The third-order valence-electron chi connectivity index (χ3n) is 2.53. The van der Waals surface area contributed by atoms with Crippen LogP contribution in [0.1, 0.15) is 26.5 Å². The Balaban J connectivity index is 2.56. The molecular weight excluding hydrogens is 272 g/mol. The molecule has 0 radical (unpaired) electrons. The van der Waals surface area contributed by atoms with Crippen molar-refractivity contribution in [2.45, 2.75) is 6.92 Å². The topological polar surface area (TPSA) is 92.4 Å². The first-order valence-electron chi connectivity index (χ1n) is 5.23. The zero-order chi connectivity index (χ0) is 14.2. The Morgan fingerprint density at radius 2 is 1.89 bits per heavy atom. The zero-order valence-electron chi connectivity index (χ0n) is 9.79. The summed E-state index contributed by atoms with van der Waals surface area (Å²) in [4.78, 5) is 21.8. The molecule has 6 nitrogen and oxygen atoms in total. The highest BCUT2D eigenvalue weighted by molar-refractivity contribution is 6.33. The van der Waals surface area contributed by atoms with E-state index >= 15 is 0 Å². The van der Waals surface area contributed by atoms with Crippen molar-refractivity contribution in [3.05, 3.63) is 46.2 Å². The van der Waals surface area contributed by atoms with Crippen LogP contribution in [0, 0.1) is 6.92 Å². The van der Waals surface area contributed by atoms with Crippen molar-refractivity contribution in [1.29, 1.82) is 0 Å². The summed E-state index contributed by atoms with van der Waals surface area (Å²) in [5, 5.41) is 21.9. The monoisotopic (exact) mass is 280 g/mol. The predicted octanol–water partition coefficient (Wildman–Crippen LogP) is 2.23. The Morgan fingerprint density at radius 1 is 1.21 bits per heavy atom. The van der Waals surface area contributed by atoms with E-state index in [2.05, 4.69) is 5.10 Å². The molecule has 1 aromatic heterocycles. The van der Waals surface area contributed by atoms with Gasteiger partial charge in [-0.15, -0.1) is 0 Å². The van der Waals surface area contributed by atoms with Gasteiger partial charge in [-0.25, -0.2) is 14.3 Å². The first kappa shape index (κ1) is 13.1. The van der Waals surface area contributed by atoms with Gasteiger partial charge in [-0.3, -0.25) is 0 Å². The summed E-state index contributed by atoms with van der Waals surface area (Å²) in [7, 11) is 0. The number of aromatic carboxylic acids is 2. The van der Waals surface area contributed by atoms with Crippen LogP contribution in [0.4, 0.5) is 0 Å². The number of carboxylic acid groups (broad SMARTS) is 2. The largest absolute Gasteiger partial charge is 0.478 e. The Hall–Kier alpha value is -2.34. The Morgan fingerprint density at radius 3 is 2.42 bits per heavy atom. The van der Waals surface area contributed by atoms with Gasteiger partial charge >= 0.3 is 11.9 Å². The number of halogens is 1. The number of nitrogens with zero attached hydrogens (tertiary/aromatic N) is 2. The van der Waals surface area contributed by atoms with Crippen LogP contribution in [0.2, 0.25) is 5.02 Å². The maximum Gasteiger partial charge on any atom is 0.356 e. The van der Waals surface area contributed by atoms with Gasteiger partial charge in [0, 0.05) is 5.69 Å². The molecule has 0 aliphatic rings. The molecule has 0 unspecified atom stereocenters. The number of hydrogen-bond donors (Lipinski definition) is 2. The second kappa shape index (κ2) is 4.74. The third kappa shape index (κ3) is 2.43. The molecule has 0 fully saturated rings. The minimum Gasteiger partial charge on any atom is -0.478 e. The number of carbonyl (C=O) groups is 2. The van der Waals surface area contributed by atoms with E-state index in [0.717, 1.165) is 0 Å². The number of aromatic nitrogens is 2.